The van der Waals surface area contributed by atoms with E-state index in [1.165, 1.54) is 25.7 Å². The van der Waals surface area contributed by atoms with Gasteiger partial charge in [0.05, 0.1) is 6.04 Å². The molecule has 14 heavy (non-hydrogen) atoms. The Hall–Kier alpha value is -0.570. The van der Waals surface area contributed by atoms with Crippen LogP contribution < -0.4 is 11.1 Å². The molecule has 2 rings (SSSR count). The molecule has 0 aromatic rings. The van der Waals surface area contributed by atoms with Crippen LogP contribution in [0.1, 0.15) is 39.0 Å². The van der Waals surface area contributed by atoms with Crippen molar-refractivity contribution < 1.29 is 4.79 Å². The van der Waals surface area contributed by atoms with Crippen molar-refractivity contribution in [1.29, 1.82) is 0 Å². The highest BCUT2D eigenvalue weighted by Gasteiger charge is 2.42. The fraction of sp³-hybridized carbons (Fsp3) is 0.909. The molecule has 0 aromatic carbocycles. The van der Waals surface area contributed by atoms with Gasteiger partial charge in [-0.1, -0.05) is 6.92 Å². The van der Waals surface area contributed by atoms with E-state index in [0.717, 1.165) is 18.3 Å². The van der Waals surface area contributed by atoms with E-state index in [1.54, 1.807) is 0 Å². The highest BCUT2D eigenvalue weighted by molar-refractivity contribution is 5.79. The summed E-state index contributed by atoms with van der Waals surface area (Å²) in [5, 5.41) is 3.45. The average molecular weight is 196 g/mol. The third-order valence-electron chi connectivity index (χ3n) is 3.41. The molecule has 0 radical (unpaired) electrons. The summed E-state index contributed by atoms with van der Waals surface area (Å²) >= 11 is 0. The molecule has 1 atom stereocenters. The van der Waals surface area contributed by atoms with E-state index >= 15 is 0 Å². The zero-order valence-electron chi connectivity index (χ0n) is 8.83. The molecule has 1 amide bonds. The third kappa shape index (κ3) is 2.27. The largest absolute Gasteiger partial charge is 0.368 e. The fourth-order valence-electron chi connectivity index (χ4n) is 2.20. The molecule has 2 aliphatic rings. The Kier molecular flexibility index (Phi) is 2.77. The normalized spacial score (nSPS) is 23.9. The summed E-state index contributed by atoms with van der Waals surface area (Å²) in [4.78, 5) is 11.1. The van der Waals surface area contributed by atoms with Gasteiger partial charge in [0, 0.05) is 6.04 Å². The second-order valence-corrected chi connectivity index (χ2v) is 4.73. The van der Waals surface area contributed by atoms with E-state index in [0.29, 0.717) is 6.04 Å². The number of carbonyl (C=O) groups is 1. The van der Waals surface area contributed by atoms with Gasteiger partial charge in [0.15, 0.2) is 0 Å². The van der Waals surface area contributed by atoms with Gasteiger partial charge < -0.3 is 11.1 Å². The number of amides is 1. The van der Waals surface area contributed by atoms with Gasteiger partial charge in [0.2, 0.25) is 5.91 Å². The lowest BCUT2D eigenvalue weighted by Gasteiger charge is -2.22. The number of hydrogen-bond donors (Lipinski definition) is 2. The molecule has 3 N–H and O–H groups in total. The number of nitrogens with one attached hydrogen (secondary N) is 1. The Balaban J connectivity index is 1.87. The van der Waals surface area contributed by atoms with Crippen LogP contribution in [0, 0.1) is 11.8 Å². The summed E-state index contributed by atoms with van der Waals surface area (Å²) in [6.07, 6.45) is 6.16. The van der Waals surface area contributed by atoms with Crippen molar-refractivity contribution >= 4 is 5.91 Å². The van der Waals surface area contributed by atoms with E-state index in [9.17, 15) is 4.79 Å². The number of rotatable bonds is 6. The van der Waals surface area contributed by atoms with E-state index in [4.69, 9.17) is 5.73 Å². The standard InChI is InChI=1S/C11H20N2O/c1-2-9(11(12)14)13-10(7-3-4-7)8-5-6-8/h7-10,13H,2-6H2,1H3,(H2,12,14). The minimum Gasteiger partial charge on any atom is -0.368 e. The van der Waals surface area contributed by atoms with Gasteiger partial charge in [-0.25, -0.2) is 0 Å². The molecule has 0 spiro atoms. The first-order chi connectivity index (χ1) is 6.72. The fourth-order valence-corrected chi connectivity index (χ4v) is 2.20. The van der Waals surface area contributed by atoms with Crippen LogP contribution in [0.25, 0.3) is 0 Å². The van der Waals surface area contributed by atoms with E-state index in [1.807, 2.05) is 6.92 Å². The minimum atomic E-state index is -0.196. The van der Waals surface area contributed by atoms with Gasteiger partial charge in [-0.2, -0.15) is 0 Å². The van der Waals surface area contributed by atoms with E-state index < -0.39 is 0 Å². The zero-order chi connectivity index (χ0) is 10.1. The molecule has 2 aliphatic carbocycles. The molecule has 2 fully saturated rings. The third-order valence-corrected chi connectivity index (χ3v) is 3.41. The quantitative estimate of drug-likeness (QED) is 0.666. The summed E-state index contributed by atoms with van der Waals surface area (Å²) in [5.41, 5.74) is 5.34. The summed E-state index contributed by atoms with van der Waals surface area (Å²) in [7, 11) is 0. The highest BCUT2D eigenvalue weighted by Crippen LogP contribution is 2.44. The Morgan fingerprint density at radius 1 is 1.36 bits per heavy atom. The second-order valence-electron chi connectivity index (χ2n) is 4.73. The van der Waals surface area contributed by atoms with Crippen LogP contribution in [0.5, 0.6) is 0 Å². The highest BCUT2D eigenvalue weighted by atomic mass is 16.1. The van der Waals surface area contributed by atoms with Crippen LogP contribution in [0.4, 0.5) is 0 Å². The lowest BCUT2D eigenvalue weighted by atomic mass is 10.0. The average Bonchev–Trinajstić information content (AvgIpc) is 3.01. The van der Waals surface area contributed by atoms with Crippen molar-refractivity contribution in [3.63, 3.8) is 0 Å². The molecule has 0 aromatic heterocycles. The molecule has 2 saturated carbocycles. The molecular formula is C11H20N2O. The van der Waals surface area contributed by atoms with Crippen LogP contribution in [0.15, 0.2) is 0 Å². The lowest BCUT2D eigenvalue weighted by molar-refractivity contribution is -0.120. The van der Waals surface area contributed by atoms with E-state index in [-0.39, 0.29) is 11.9 Å². The van der Waals surface area contributed by atoms with Gasteiger partial charge in [0.1, 0.15) is 0 Å². The first-order valence-electron chi connectivity index (χ1n) is 5.77. The molecule has 3 nitrogen and oxygen atoms in total. The molecule has 3 heteroatoms. The molecule has 0 bridgehead atoms. The smallest absolute Gasteiger partial charge is 0.234 e. The van der Waals surface area contributed by atoms with Crippen LogP contribution in [-0.4, -0.2) is 18.0 Å². The van der Waals surface area contributed by atoms with Crippen LogP contribution in [0.3, 0.4) is 0 Å². The van der Waals surface area contributed by atoms with Gasteiger partial charge in [-0.05, 0) is 43.9 Å². The van der Waals surface area contributed by atoms with Crippen LogP contribution in [-0.2, 0) is 4.79 Å². The topological polar surface area (TPSA) is 55.1 Å². The number of nitrogens with two attached hydrogens (primary N) is 1. The lowest BCUT2D eigenvalue weighted by Crippen LogP contribution is -2.47. The molecule has 0 heterocycles. The number of hydrogen-bond acceptors (Lipinski definition) is 2. The van der Waals surface area contributed by atoms with Crippen molar-refractivity contribution in [3.05, 3.63) is 0 Å². The van der Waals surface area contributed by atoms with Crippen molar-refractivity contribution in [2.24, 2.45) is 17.6 Å². The predicted molar refractivity (Wildman–Crippen MR) is 55.6 cm³/mol. The Morgan fingerprint density at radius 2 is 1.86 bits per heavy atom. The minimum absolute atomic E-state index is 0.110. The van der Waals surface area contributed by atoms with Gasteiger partial charge in [-0.3, -0.25) is 4.79 Å². The van der Waals surface area contributed by atoms with Crippen LogP contribution >= 0.6 is 0 Å². The van der Waals surface area contributed by atoms with E-state index in [2.05, 4.69) is 5.32 Å². The molecule has 1 unspecified atom stereocenters. The zero-order valence-corrected chi connectivity index (χ0v) is 8.83. The summed E-state index contributed by atoms with van der Waals surface area (Å²) in [6, 6.07) is 0.466. The Morgan fingerprint density at radius 3 is 2.14 bits per heavy atom. The van der Waals surface area contributed by atoms with Crippen molar-refractivity contribution in [2.75, 3.05) is 0 Å². The van der Waals surface area contributed by atoms with Gasteiger partial charge in [0.25, 0.3) is 0 Å². The van der Waals surface area contributed by atoms with Crippen LogP contribution in [0.2, 0.25) is 0 Å². The first kappa shape index (κ1) is 9.97. The maximum absolute atomic E-state index is 11.1. The summed E-state index contributed by atoms with van der Waals surface area (Å²) in [6.45, 7) is 2.01. The SMILES string of the molecule is CCC(NC(C1CC1)C1CC1)C(N)=O. The molecule has 0 aliphatic heterocycles. The summed E-state index contributed by atoms with van der Waals surface area (Å²) < 4.78 is 0. The Labute approximate surface area is 85.4 Å². The van der Waals surface area contributed by atoms with Gasteiger partial charge >= 0.3 is 0 Å². The maximum atomic E-state index is 11.1. The van der Waals surface area contributed by atoms with Crippen molar-refractivity contribution in [3.8, 4) is 0 Å². The van der Waals surface area contributed by atoms with Crippen molar-refractivity contribution in [1.82, 2.24) is 5.32 Å². The summed E-state index contributed by atoms with van der Waals surface area (Å²) in [5.74, 6) is 1.46. The number of carbonyl (C=O) groups excluding carboxylic acids is 1. The molecular weight excluding hydrogens is 176 g/mol. The predicted octanol–water partition coefficient (Wildman–Crippen LogP) is 1.03. The monoisotopic (exact) mass is 196 g/mol. The maximum Gasteiger partial charge on any atom is 0.234 e. The molecule has 0 saturated heterocycles. The second kappa shape index (κ2) is 3.89. The molecule has 80 valence electrons. The van der Waals surface area contributed by atoms with Gasteiger partial charge in [-0.15, -0.1) is 0 Å². The Bertz CT molecular complexity index is 209. The number of primary amides is 1. The first-order valence-corrected chi connectivity index (χ1v) is 5.77. The van der Waals surface area contributed by atoms with Crippen molar-refractivity contribution in [2.45, 2.75) is 51.1 Å².